The van der Waals surface area contributed by atoms with Crippen molar-refractivity contribution in [3.05, 3.63) is 77.6 Å². The number of hydrogen-bond donors (Lipinski definition) is 0. The second kappa shape index (κ2) is 5.61. The van der Waals surface area contributed by atoms with Gasteiger partial charge in [-0.3, -0.25) is 0 Å². The van der Waals surface area contributed by atoms with Gasteiger partial charge in [0, 0.05) is 12.0 Å². The van der Waals surface area contributed by atoms with Gasteiger partial charge in [-0.2, -0.15) is 5.10 Å². The molecule has 0 aliphatic carbocycles. The maximum Gasteiger partial charge on any atom is 0.182 e. The van der Waals surface area contributed by atoms with Crippen molar-refractivity contribution >= 4 is 0 Å². The molecule has 0 saturated carbocycles. The second-order valence-electron chi connectivity index (χ2n) is 4.70. The van der Waals surface area contributed by atoms with E-state index in [-0.39, 0.29) is 0 Å². The molecule has 3 nitrogen and oxygen atoms in total. The first-order chi connectivity index (χ1) is 9.83. The number of hydrogen-bond acceptors (Lipinski definition) is 3. The van der Waals surface area contributed by atoms with E-state index in [4.69, 9.17) is 0 Å². The quantitative estimate of drug-likeness (QED) is 0.725. The van der Waals surface area contributed by atoms with Gasteiger partial charge >= 0.3 is 0 Å². The number of benzene rings is 2. The molecule has 98 valence electrons. The van der Waals surface area contributed by atoms with Crippen LogP contribution in [0.25, 0.3) is 11.4 Å². The van der Waals surface area contributed by atoms with Gasteiger partial charge in [-0.25, -0.2) is 4.98 Å². The maximum atomic E-state index is 4.66. The van der Waals surface area contributed by atoms with E-state index in [2.05, 4.69) is 27.3 Å². The van der Waals surface area contributed by atoms with Gasteiger partial charge in [-0.05, 0) is 12.5 Å². The lowest BCUT2D eigenvalue weighted by atomic mass is 10.1. The highest BCUT2D eigenvalue weighted by Crippen LogP contribution is 2.16. The van der Waals surface area contributed by atoms with E-state index < -0.39 is 0 Å². The predicted molar refractivity (Wildman–Crippen MR) is 79.2 cm³/mol. The number of nitrogens with zero attached hydrogens (tertiary/aromatic N) is 3. The van der Waals surface area contributed by atoms with Gasteiger partial charge < -0.3 is 0 Å². The molecule has 1 heterocycles. The van der Waals surface area contributed by atoms with E-state index in [1.807, 2.05) is 55.5 Å². The first-order valence-electron chi connectivity index (χ1n) is 6.62. The van der Waals surface area contributed by atoms with E-state index in [9.17, 15) is 0 Å². The summed E-state index contributed by atoms with van der Waals surface area (Å²) in [5.41, 5.74) is 4.09. The van der Waals surface area contributed by atoms with Crippen LogP contribution >= 0.6 is 0 Å². The Balaban J connectivity index is 1.95. The highest BCUT2D eigenvalue weighted by atomic mass is 15.2. The Morgan fingerprint density at radius 3 is 2.15 bits per heavy atom. The van der Waals surface area contributed by atoms with Crippen molar-refractivity contribution in [2.45, 2.75) is 13.3 Å². The topological polar surface area (TPSA) is 38.7 Å². The number of rotatable bonds is 3. The lowest BCUT2D eigenvalue weighted by Crippen LogP contribution is -2.03. The molecule has 0 spiro atoms. The number of aromatic nitrogens is 3. The molecule has 0 aliphatic rings. The fourth-order valence-corrected chi connectivity index (χ4v) is 2.08. The molecule has 3 rings (SSSR count). The van der Waals surface area contributed by atoms with Crippen molar-refractivity contribution in [1.29, 1.82) is 0 Å². The van der Waals surface area contributed by atoms with Gasteiger partial charge in [0.05, 0.1) is 11.4 Å². The van der Waals surface area contributed by atoms with Crippen LogP contribution < -0.4 is 0 Å². The Kier molecular flexibility index (Phi) is 3.50. The van der Waals surface area contributed by atoms with Crippen molar-refractivity contribution in [3.8, 4) is 11.4 Å². The molecule has 0 aliphatic heterocycles. The standard InChI is InChI=1S/C17H15N3/c1-13-16(12-14-8-4-2-5-9-14)18-17(20-19-13)15-10-6-3-7-11-15/h2-11H,12H2,1H3. The third-order valence-electron chi connectivity index (χ3n) is 3.20. The van der Waals surface area contributed by atoms with Gasteiger partial charge in [0.25, 0.3) is 0 Å². The van der Waals surface area contributed by atoms with Gasteiger partial charge in [0.1, 0.15) is 0 Å². The van der Waals surface area contributed by atoms with Gasteiger partial charge in [-0.1, -0.05) is 60.7 Å². The van der Waals surface area contributed by atoms with Crippen molar-refractivity contribution < 1.29 is 0 Å². The Morgan fingerprint density at radius 2 is 1.45 bits per heavy atom. The summed E-state index contributed by atoms with van der Waals surface area (Å²) in [5.74, 6) is 0.683. The highest BCUT2D eigenvalue weighted by Gasteiger charge is 2.08. The molecular weight excluding hydrogens is 246 g/mol. The molecule has 3 heteroatoms. The molecule has 0 unspecified atom stereocenters. The van der Waals surface area contributed by atoms with Crippen LogP contribution in [0.15, 0.2) is 60.7 Å². The summed E-state index contributed by atoms with van der Waals surface area (Å²) in [6, 6.07) is 20.2. The van der Waals surface area contributed by atoms with Crippen LogP contribution in [-0.2, 0) is 6.42 Å². The van der Waals surface area contributed by atoms with E-state index in [1.165, 1.54) is 5.56 Å². The minimum Gasteiger partial charge on any atom is -0.229 e. The summed E-state index contributed by atoms with van der Waals surface area (Å²) < 4.78 is 0. The summed E-state index contributed by atoms with van der Waals surface area (Å²) in [5, 5.41) is 8.43. The minimum atomic E-state index is 0.683. The smallest absolute Gasteiger partial charge is 0.182 e. The maximum absolute atomic E-state index is 4.66. The first kappa shape index (κ1) is 12.5. The molecule has 0 amide bonds. The summed E-state index contributed by atoms with van der Waals surface area (Å²) in [7, 11) is 0. The highest BCUT2D eigenvalue weighted by molar-refractivity contribution is 5.54. The predicted octanol–water partition coefficient (Wildman–Crippen LogP) is 3.44. The van der Waals surface area contributed by atoms with E-state index in [0.29, 0.717) is 5.82 Å². The molecule has 0 bridgehead atoms. The van der Waals surface area contributed by atoms with Crippen LogP contribution in [0.5, 0.6) is 0 Å². The molecule has 3 aromatic rings. The van der Waals surface area contributed by atoms with E-state index in [1.54, 1.807) is 0 Å². The van der Waals surface area contributed by atoms with Crippen molar-refractivity contribution in [2.75, 3.05) is 0 Å². The normalized spacial score (nSPS) is 10.4. The third kappa shape index (κ3) is 2.72. The van der Waals surface area contributed by atoms with Crippen LogP contribution in [0, 0.1) is 6.92 Å². The molecular formula is C17H15N3. The molecule has 0 fully saturated rings. The summed E-state index contributed by atoms with van der Waals surface area (Å²) in [6.45, 7) is 1.95. The lowest BCUT2D eigenvalue weighted by Gasteiger charge is -2.06. The molecule has 0 saturated heterocycles. The molecule has 2 aromatic carbocycles. The second-order valence-corrected chi connectivity index (χ2v) is 4.70. The fraction of sp³-hybridized carbons (Fsp3) is 0.118. The zero-order valence-electron chi connectivity index (χ0n) is 11.3. The molecule has 0 radical (unpaired) electrons. The van der Waals surface area contributed by atoms with Crippen molar-refractivity contribution in [2.24, 2.45) is 0 Å². The molecule has 20 heavy (non-hydrogen) atoms. The van der Waals surface area contributed by atoms with Crippen LogP contribution in [0.1, 0.15) is 17.0 Å². The Labute approximate surface area is 118 Å². The summed E-state index contributed by atoms with van der Waals surface area (Å²) in [6.07, 6.45) is 0.780. The molecule has 0 N–H and O–H groups in total. The van der Waals surface area contributed by atoms with Crippen LogP contribution in [0.2, 0.25) is 0 Å². The largest absolute Gasteiger partial charge is 0.229 e. The van der Waals surface area contributed by atoms with Gasteiger partial charge in [-0.15, -0.1) is 5.10 Å². The average molecular weight is 261 g/mol. The minimum absolute atomic E-state index is 0.683. The van der Waals surface area contributed by atoms with E-state index in [0.717, 1.165) is 23.4 Å². The summed E-state index contributed by atoms with van der Waals surface area (Å²) in [4.78, 5) is 4.66. The lowest BCUT2D eigenvalue weighted by molar-refractivity contribution is 0.879. The Morgan fingerprint density at radius 1 is 0.800 bits per heavy atom. The zero-order valence-corrected chi connectivity index (χ0v) is 11.3. The van der Waals surface area contributed by atoms with Crippen LogP contribution in [0.4, 0.5) is 0 Å². The van der Waals surface area contributed by atoms with Crippen LogP contribution in [-0.4, -0.2) is 15.2 Å². The first-order valence-corrected chi connectivity index (χ1v) is 6.62. The van der Waals surface area contributed by atoms with Crippen molar-refractivity contribution in [1.82, 2.24) is 15.2 Å². The van der Waals surface area contributed by atoms with Gasteiger partial charge in [0.15, 0.2) is 5.82 Å². The Bertz CT molecular complexity index is 694. The van der Waals surface area contributed by atoms with Crippen LogP contribution in [0.3, 0.4) is 0 Å². The van der Waals surface area contributed by atoms with Gasteiger partial charge in [0.2, 0.25) is 0 Å². The summed E-state index contributed by atoms with van der Waals surface area (Å²) >= 11 is 0. The average Bonchev–Trinajstić information content (AvgIpc) is 2.51. The fourth-order valence-electron chi connectivity index (χ4n) is 2.08. The Hall–Kier alpha value is -2.55. The SMILES string of the molecule is Cc1nnc(-c2ccccc2)nc1Cc1ccccc1. The zero-order chi connectivity index (χ0) is 13.8. The number of aryl methyl sites for hydroxylation is 1. The monoisotopic (exact) mass is 261 g/mol. The third-order valence-corrected chi connectivity index (χ3v) is 3.20. The molecule has 0 atom stereocenters. The molecule has 1 aromatic heterocycles. The van der Waals surface area contributed by atoms with E-state index >= 15 is 0 Å². The van der Waals surface area contributed by atoms with Crippen molar-refractivity contribution in [3.63, 3.8) is 0 Å².